The van der Waals surface area contributed by atoms with E-state index >= 15 is 0 Å². The van der Waals surface area contributed by atoms with Gasteiger partial charge in [-0.25, -0.2) is 20.4 Å². The maximum Gasteiger partial charge on any atom is 0.231 e. The first-order chi connectivity index (χ1) is 5.22. The summed E-state index contributed by atoms with van der Waals surface area (Å²) in [4.78, 5) is 16.7. The van der Waals surface area contributed by atoms with Gasteiger partial charge in [0, 0.05) is 5.92 Å². The lowest BCUT2D eigenvalue weighted by Crippen LogP contribution is -2.23. The maximum atomic E-state index is 8.35. The van der Waals surface area contributed by atoms with E-state index < -0.39 is 0 Å². The van der Waals surface area contributed by atoms with Gasteiger partial charge in [0.25, 0.3) is 0 Å². The number of nitrogens with one attached hydrogen (secondary N) is 2. The van der Waals surface area contributed by atoms with Crippen molar-refractivity contribution in [2.45, 2.75) is 6.92 Å². The fraction of sp³-hybridized carbons (Fsp3) is 0.667. The second-order valence-electron chi connectivity index (χ2n) is 1.85. The van der Waals surface area contributed by atoms with Gasteiger partial charge in [-0.05, 0) is 0 Å². The van der Waals surface area contributed by atoms with Crippen LogP contribution >= 0.6 is 0 Å². The van der Waals surface area contributed by atoms with Crippen molar-refractivity contribution in [1.82, 2.24) is 0 Å². The molecule has 0 aliphatic carbocycles. The Balaban J connectivity index is 0. The van der Waals surface area contributed by atoms with Gasteiger partial charge in [-0.15, -0.1) is 0 Å². The predicted octanol–water partition coefficient (Wildman–Crippen LogP) is 0.455. The highest BCUT2D eigenvalue weighted by Crippen LogP contribution is 2.05. The minimum atomic E-state index is 0.750. The van der Waals surface area contributed by atoms with Crippen molar-refractivity contribution in [1.29, 1.82) is 10.8 Å². The molecule has 62 valence electrons. The van der Waals surface area contributed by atoms with Crippen LogP contribution in [0.5, 0.6) is 0 Å². The van der Waals surface area contributed by atoms with E-state index in [0.717, 1.165) is 31.3 Å². The summed E-state index contributed by atoms with van der Waals surface area (Å²) >= 11 is 0. The molecule has 5 heteroatoms. The van der Waals surface area contributed by atoms with E-state index in [0.29, 0.717) is 0 Å². The molecule has 0 saturated carbocycles. The highest BCUT2D eigenvalue weighted by Gasteiger charge is 2.09. The Morgan fingerprint density at radius 2 is 1.45 bits per heavy atom. The number of hydrogen-bond donors (Lipinski definition) is 2. The zero-order valence-electron chi connectivity index (χ0n) is 6.22. The van der Waals surface area contributed by atoms with E-state index in [-0.39, 0.29) is 0 Å². The summed E-state index contributed by atoms with van der Waals surface area (Å²) in [6.45, 7) is 4.16. The fourth-order valence-electron chi connectivity index (χ4n) is 0.354. The summed E-state index contributed by atoms with van der Waals surface area (Å²) in [6.07, 6.45) is 1.50. The van der Waals surface area contributed by atoms with Crippen LogP contribution in [0.2, 0.25) is 0 Å². The smallest absolute Gasteiger partial charge is 0.231 e. The Kier molecular flexibility index (Phi) is 13.0. The number of rotatable bonds is 0. The molecule has 0 aromatic carbocycles. The summed E-state index contributed by atoms with van der Waals surface area (Å²) < 4.78 is 4.83. The van der Waals surface area contributed by atoms with Crippen LogP contribution in [0.15, 0.2) is 0 Å². The van der Waals surface area contributed by atoms with E-state index in [1.807, 2.05) is 0 Å². The highest BCUT2D eigenvalue weighted by atomic mass is 16.5. The molecule has 0 unspecified atom stereocenters. The second kappa shape index (κ2) is 11.5. The zero-order chi connectivity index (χ0) is 9.11. The van der Waals surface area contributed by atoms with Gasteiger partial charge in [-0.2, -0.15) is 0 Å². The first kappa shape index (κ1) is 12.4. The van der Waals surface area contributed by atoms with Crippen molar-refractivity contribution >= 4 is 12.2 Å². The summed E-state index contributed by atoms with van der Waals surface area (Å²) in [7, 11) is 0. The first-order valence-electron chi connectivity index (χ1n) is 2.88. The Morgan fingerprint density at radius 3 is 1.45 bits per heavy atom. The minimum absolute atomic E-state index is 0.750. The van der Waals surface area contributed by atoms with Crippen LogP contribution in [-0.4, -0.2) is 25.4 Å². The molecular formula is C6H10N2O3. The molecular weight excluding hydrogens is 148 g/mol. The Bertz CT molecular complexity index is 130. The van der Waals surface area contributed by atoms with E-state index in [2.05, 4.69) is 6.92 Å². The molecule has 0 amide bonds. The third-order valence-corrected chi connectivity index (χ3v) is 0.805. The standard InChI is InChI=1S/C4H8O.2CHNO/c1-4-2-5-3-4;2*2-1-3/h4H,2-3H2,1H3;2*2H. The molecule has 1 aliphatic rings. The SMILES string of the molecule is CC1COC1.N=C=O.N=C=O. The van der Waals surface area contributed by atoms with Crippen LogP contribution in [0.3, 0.4) is 0 Å². The molecule has 1 rings (SSSR count). The maximum absolute atomic E-state index is 8.35. The van der Waals surface area contributed by atoms with Crippen LogP contribution in [-0.2, 0) is 14.3 Å². The monoisotopic (exact) mass is 158 g/mol. The molecule has 0 bridgehead atoms. The molecule has 11 heavy (non-hydrogen) atoms. The van der Waals surface area contributed by atoms with Gasteiger partial charge in [0.05, 0.1) is 13.2 Å². The lowest BCUT2D eigenvalue weighted by Gasteiger charge is -2.20. The molecule has 1 fully saturated rings. The van der Waals surface area contributed by atoms with Crippen LogP contribution < -0.4 is 0 Å². The van der Waals surface area contributed by atoms with Gasteiger partial charge < -0.3 is 4.74 Å². The third-order valence-electron chi connectivity index (χ3n) is 0.805. The van der Waals surface area contributed by atoms with Gasteiger partial charge in [0.2, 0.25) is 12.2 Å². The minimum Gasteiger partial charge on any atom is -0.381 e. The predicted molar refractivity (Wildman–Crippen MR) is 36.8 cm³/mol. The van der Waals surface area contributed by atoms with Crippen LogP contribution in [0.1, 0.15) is 6.92 Å². The van der Waals surface area contributed by atoms with Crippen molar-refractivity contribution in [3.8, 4) is 0 Å². The van der Waals surface area contributed by atoms with Gasteiger partial charge in [0.15, 0.2) is 0 Å². The van der Waals surface area contributed by atoms with Crippen LogP contribution in [0.25, 0.3) is 0 Å². The molecule has 1 heterocycles. The molecule has 2 N–H and O–H groups in total. The second-order valence-corrected chi connectivity index (χ2v) is 1.85. The largest absolute Gasteiger partial charge is 0.381 e. The summed E-state index contributed by atoms with van der Waals surface area (Å²) in [6, 6.07) is 0. The lowest BCUT2D eigenvalue weighted by molar-refractivity contribution is -0.0221. The lowest BCUT2D eigenvalue weighted by atomic mass is 10.2. The average Bonchev–Trinajstić information content (AvgIpc) is 1.87. The van der Waals surface area contributed by atoms with E-state index in [1.165, 1.54) is 0 Å². The molecule has 0 radical (unpaired) electrons. The highest BCUT2D eigenvalue weighted by molar-refractivity contribution is 5.26. The van der Waals surface area contributed by atoms with Crippen molar-refractivity contribution < 1.29 is 14.3 Å². The van der Waals surface area contributed by atoms with Crippen LogP contribution in [0, 0.1) is 16.7 Å². The number of ether oxygens (including phenoxy) is 1. The number of isocyanates is 2. The molecule has 5 nitrogen and oxygen atoms in total. The van der Waals surface area contributed by atoms with Gasteiger partial charge in [-0.1, -0.05) is 6.92 Å². The van der Waals surface area contributed by atoms with E-state index in [4.69, 9.17) is 25.1 Å². The molecule has 1 saturated heterocycles. The average molecular weight is 158 g/mol. The molecule has 0 atom stereocenters. The Morgan fingerprint density at radius 1 is 1.27 bits per heavy atom. The van der Waals surface area contributed by atoms with Crippen molar-refractivity contribution in [2.24, 2.45) is 5.92 Å². The molecule has 1 aliphatic heterocycles. The number of carbonyl (C=O) groups excluding carboxylic acids is 2. The van der Waals surface area contributed by atoms with Gasteiger partial charge >= 0.3 is 0 Å². The summed E-state index contributed by atoms with van der Waals surface area (Å²) in [5.74, 6) is 0.843. The van der Waals surface area contributed by atoms with Gasteiger partial charge in [0.1, 0.15) is 0 Å². The summed E-state index contributed by atoms with van der Waals surface area (Å²) in [5.41, 5.74) is 0. The molecule has 0 aromatic rings. The van der Waals surface area contributed by atoms with E-state index in [9.17, 15) is 0 Å². The van der Waals surface area contributed by atoms with Crippen molar-refractivity contribution in [3.63, 3.8) is 0 Å². The van der Waals surface area contributed by atoms with Crippen LogP contribution in [0.4, 0.5) is 0 Å². The zero-order valence-corrected chi connectivity index (χ0v) is 6.22. The normalized spacial score (nSPS) is 13.2. The Hall–Kier alpha value is -1.28. The van der Waals surface area contributed by atoms with Crippen molar-refractivity contribution in [3.05, 3.63) is 0 Å². The topological polar surface area (TPSA) is 91.1 Å². The quantitative estimate of drug-likeness (QED) is 0.396. The van der Waals surface area contributed by atoms with Crippen molar-refractivity contribution in [2.75, 3.05) is 13.2 Å². The van der Waals surface area contributed by atoms with Gasteiger partial charge in [-0.3, -0.25) is 0 Å². The molecule has 0 aromatic heterocycles. The number of hydrogen-bond acceptors (Lipinski definition) is 5. The summed E-state index contributed by atoms with van der Waals surface area (Å²) in [5, 5.41) is 10.8. The third kappa shape index (κ3) is 17.7. The fourth-order valence-corrected chi connectivity index (χ4v) is 0.354. The molecule has 0 spiro atoms. The first-order valence-corrected chi connectivity index (χ1v) is 2.88. The van der Waals surface area contributed by atoms with E-state index in [1.54, 1.807) is 0 Å². The Labute approximate surface area is 64.4 Å².